The number of rotatable bonds is 5. The molecule has 3 heteroatoms. The Kier molecular flexibility index (Phi) is 4.86. The van der Waals surface area contributed by atoms with E-state index in [9.17, 15) is 9.18 Å². The van der Waals surface area contributed by atoms with Crippen molar-refractivity contribution in [3.8, 4) is 5.75 Å². The van der Waals surface area contributed by atoms with Crippen LogP contribution in [-0.4, -0.2) is 12.9 Å². The molecule has 2 nitrogen and oxygen atoms in total. The lowest BCUT2D eigenvalue weighted by Crippen LogP contribution is -2.09. The second-order valence-corrected chi connectivity index (χ2v) is 5.71. The van der Waals surface area contributed by atoms with Gasteiger partial charge in [-0.3, -0.25) is 4.79 Å². The smallest absolute Gasteiger partial charge is 0.156 e. The lowest BCUT2D eigenvalue weighted by molar-refractivity contribution is 0.111. The Morgan fingerprint density at radius 2 is 1.78 bits per heavy atom. The number of aldehydes is 1. The quantitative estimate of drug-likeness (QED) is 0.723. The molecule has 0 atom stereocenters. The first-order chi connectivity index (χ1) is 11.3. The van der Waals surface area contributed by atoms with Gasteiger partial charge in [-0.1, -0.05) is 36.4 Å². The molecule has 0 fully saturated rings. The summed E-state index contributed by atoms with van der Waals surface area (Å²) >= 11 is 0. The van der Waals surface area contributed by atoms with Gasteiger partial charge in [0.2, 0.25) is 0 Å². The minimum Gasteiger partial charge on any atom is -0.488 e. The van der Waals surface area contributed by atoms with Gasteiger partial charge in [0.1, 0.15) is 18.2 Å². The molecular formula is C20H19FO2. The Hall–Kier alpha value is -2.42. The summed E-state index contributed by atoms with van der Waals surface area (Å²) in [4.78, 5) is 11.1. The topological polar surface area (TPSA) is 26.3 Å². The van der Waals surface area contributed by atoms with E-state index in [0.29, 0.717) is 18.6 Å². The molecule has 0 radical (unpaired) electrons. The maximum Gasteiger partial charge on any atom is 0.156 e. The highest BCUT2D eigenvalue weighted by Crippen LogP contribution is 2.33. The first-order valence-corrected chi connectivity index (χ1v) is 7.92. The van der Waals surface area contributed by atoms with Gasteiger partial charge in [-0.15, -0.1) is 0 Å². The molecule has 0 unspecified atom stereocenters. The largest absolute Gasteiger partial charge is 0.488 e. The van der Waals surface area contributed by atoms with E-state index in [1.807, 2.05) is 18.2 Å². The van der Waals surface area contributed by atoms with Gasteiger partial charge in [0.15, 0.2) is 6.29 Å². The number of hydrogen-bond acceptors (Lipinski definition) is 2. The van der Waals surface area contributed by atoms with Crippen molar-refractivity contribution in [2.75, 3.05) is 6.61 Å². The van der Waals surface area contributed by atoms with Crippen LogP contribution in [-0.2, 0) is 0 Å². The van der Waals surface area contributed by atoms with Crippen molar-refractivity contribution in [3.63, 3.8) is 0 Å². The van der Waals surface area contributed by atoms with Crippen LogP contribution in [0.15, 0.2) is 54.1 Å². The number of carbonyl (C=O) groups excluding carboxylic acids is 1. The van der Waals surface area contributed by atoms with Gasteiger partial charge in [-0.2, -0.15) is 0 Å². The molecular weight excluding hydrogens is 291 g/mol. The fraction of sp³-hybridized carbons (Fsp3) is 0.250. The highest BCUT2D eigenvalue weighted by molar-refractivity contribution is 5.79. The van der Waals surface area contributed by atoms with Gasteiger partial charge in [-0.25, -0.2) is 4.39 Å². The van der Waals surface area contributed by atoms with Gasteiger partial charge >= 0.3 is 0 Å². The molecule has 3 rings (SSSR count). The van der Waals surface area contributed by atoms with E-state index in [4.69, 9.17) is 4.74 Å². The van der Waals surface area contributed by atoms with Crippen LogP contribution < -0.4 is 4.74 Å². The van der Waals surface area contributed by atoms with Crippen molar-refractivity contribution in [1.82, 2.24) is 0 Å². The van der Waals surface area contributed by atoms with Crippen molar-refractivity contribution in [2.24, 2.45) is 0 Å². The molecule has 1 aliphatic rings. The molecule has 118 valence electrons. The van der Waals surface area contributed by atoms with Crippen LogP contribution in [0.5, 0.6) is 5.75 Å². The average Bonchev–Trinajstić information content (AvgIpc) is 2.61. The van der Waals surface area contributed by atoms with Gasteiger partial charge in [-0.05, 0) is 54.5 Å². The standard InChI is InChI=1S/C20H19FO2/c21-19-11-6-12-20(18(19)13-22)23-14-16-9-4-5-10-17(16)15-7-2-1-3-8-15/h1-3,6-8,11-13H,4-5,9-10,14H2. The number of carbonyl (C=O) groups is 1. The normalized spacial score (nSPS) is 14.7. The molecule has 0 aromatic heterocycles. The Bertz CT molecular complexity index is 720. The minimum absolute atomic E-state index is 0.00910. The molecule has 0 bridgehead atoms. The van der Waals surface area contributed by atoms with E-state index >= 15 is 0 Å². The molecule has 0 spiro atoms. The van der Waals surface area contributed by atoms with Gasteiger partial charge in [0.25, 0.3) is 0 Å². The molecule has 0 saturated heterocycles. The fourth-order valence-corrected chi connectivity index (χ4v) is 3.04. The molecule has 0 aliphatic heterocycles. The average molecular weight is 310 g/mol. The van der Waals surface area contributed by atoms with E-state index in [1.165, 1.54) is 29.2 Å². The third-order valence-corrected chi connectivity index (χ3v) is 4.24. The lowest BCUT2D eigenvalue weighted by Gasteiger charge is -2.21. The van der Waals surface area contributed by atoms with Crippen molar-refractivity contribution in [1.29, 1.82) is 0 Å². The number of allylic oxidation sites excluding steroid dienone is 1. The van der Waals surface area contributed by atoms with Gasteiger partial charge in [0, 0.05) is 0 Å². The third kappa shape index (κ3) is 3.50. The highest BCUT2D eigenvalue weighted by Gasteiger charge is 2.16. The number of benzene rings is 2. The predicted molar refractivity (Wildman–Crippen MR) is 89.1 cm³/mol. The first kappa shape index (κ1) is 15.5. The Balaban J connectivity index is 1.84. The van der Waals surface area contributed by atoms with Gasteiger partial charge < -0.3 is 4.74 Å². The SMILES string of the molecule is O=Cc1c(F)cccc1OCC1=C(c2ccccc2)CCCC1. The van der Waals surface area contributed by atoms with E-state index < -0.39 is 5.82 Å². The number of hydrogen-bond donors (Lipinski definition) is 0. The van der Waals surface area contributed by atoms with Crippen molar-refractivity contribution < 1.29 is 13.9 Å². The van der Waals surface area contributed by atoms with E-state index in [1.54, 1.807) is 12.1 Å². The number of ether oxygens (including phenoxy) is 1. The maximum atomic E-state index is 13.6. The Morgan fingerprint density at radius 1 is 1.00 bits per heavy atom. The summed E-state index contributed by atoms with van der Waals surface area (Å²) in [5.41, 5.74) is 3.77. The molecule has 1 aliphatic carbocycles. The van der Waals surface area contributed by atoms with E-state index in [0.717, 1.165) is 19.3 Å². The summed E-state index contributed by atoms with van der Waals surface area (Å²) in [5.74, 6) is -0.233. The summed E-state index contributed by atoms with van der Waals surface area (Å²) in [5, 5.41) is 0. The zero-order valence-corrected chi connectivity index (χ0v) is 12.9. The summed E-state index contributed by atoms with van der Waals surface area (Å²) in [6.45, 7) is 0.397. The van der Waals surface area contributed by atoms with E-state index in [2.05, 4.69) is 12.1 Å². The molecule has 0 saturated carbocycles. The van der Waals surface area contributed by atoms with Crippen molar-refractivity contribution in [2.45, 2.75) is 25.7 Å². The van der Waals surface area contributed by atoms with Gasteiger partial charge in [0.05, 0.1) is 5.56 Å². The molecule has 23 heavy (non-hydrogen) atoms. The van der Waals surface area contributed by atoms with Crippen LogP contribution in [0.1, 0.15) is 41.6 Å². The fourth-order valence-electron chi connectivity index (χ4n) is 3.04. The zero-order chi connectivity index (χ0) is 16.1. The minimum atomic E-state index is -0.543. The summed E-state index contributed by atoms with van der Waals surface area (Å²) in [6.07, 6.45) is 4.84. The monoisotopic (exact) mass is 310 g/mol. The summed E-state index contributed by atoms with van der Waals surface area (Å²) in [6, 6.07) is 14.8. The summed E-state index contributed by atoms with van der Waals surface area (Å²) < 4.78 is 19.4. The van der Waals surface area contributed by atoms with Crippen molar-refractivity contribution >= 4 is 11.9 Å². The second-order valence-electron chi connectivity index (χ2n) is 5.71. The van der Waals surface area contributed by atoms with Crippen LogP contribution in [0.25, 0.3) is 5.57 Å². The van der Waals surface area contributed by atoms with Crippen LogP contribution in [0.2, 0.25) is 0 Å². The number of halogens is 1. The maximum absolute atomic E-state index is 13.6. The van der Waals surface area contributed by atoms with Crippen LogP contribution in [0.4, 0.5) is 4.39 Å². The highest BCUT2D eigenvalue weighted by atomic mass is 19.1. The zero-order valence-electron chi connectivity index (χ0n) is 12.9. The van der Waals surface area contributed by atoms with Crippen molar-refractivity contribution in [3.05, 3.63) is 71.0 Å². The summed E-state index contributed by atoms with van der Waals surface area (Å²) in [7, 11) is 0. The third-order valence-electron chi connectivity index (χ3n) is 4.24. The first-order valence-electron chi connectivity index (χ1n) is 7.92. The molecule has 2 aromatic rings. The van der Waals surface area contributed by atoms with Crippen LogP contribution in [0, 0.1) is 5.82 Å². The van der Waals surface area contributed by atoms with E-state index in [-0.39, 0.29) is 5.56 Å². The molecule has 0 heterocycles. The second kappa shape index (κ2) is 7.23. The predicted octanol–water partition coefficient (Wildman–Crippen LogP) is 5.04. The molecule has 2 aromatic carbocycles. The lowest BCUT2D eigenvalue weighted by atomic mass is 9.88. The Morgan fingerprint density at radius 3 is 2.57 bits per heavy atom. The molecule has 0 amide bonds. The van der Waals surface area contributed by atoms with Crippen LogP contribution >= 0.6 is 0 Å². The van der Waals surface area contributed by atoms with Crippen LogP contribution in [0.3, 0.4) is 0 Å². The molecule has 0 N–H and O–H groups in total. The Labute approximate surface area is 135 Å².